The van der Waals surface area contributed by atoms with E-state index in [1.807, 2.05) is 24.3 Å². The lowest BCUT2D eigenvalue weighted by Gasteiger charge is -2.21. The summed E-state index contributed by atoms with van der Waals surface area (Å²) in [4.78, 5) is 8.21. The quantitative estimate of drug-likeness (QED) is 0.754. The summed E-state index contributed by atoms with van der Waals surface area (Å²) in [6.07, 6.45) is 3.65. The maximum Gasteiger partial charge on any atom is 0.124 e. The van der Waals surface area contributed by atoms with Gasteiger partial charge in [0.1, 0.15) is 5.82 Å². The molecule has 4 rings (SSSR count). The highest BCUT2D eigenvalue weighted by Crippen LogP contribution is 2.27. The van der Waals surface area contributed by atoms with E-state index in [2.05, 4.69) is 34.6 Å². The number of nitrogens with one attached hydrogen (secondary N) is 2. The molecule has 2 heterocycles. The van der Waals surface area contributed by atoms with Gasteiger partial charge >= 0.3 is 0 Å². The highest BCUT2D eigenvalue weighted by atomic mass is 15.0. The van der Waals surface area contributed by atoms with E-state index in [4.69, 9.17) is 10.2 Å². The van der Waals surface area contributed by atoms with Gasteiger partial charge in [0.05, 0.1) is 28.7 Å². The third-order valence-corrected chi connectivity index (χ3v) is 4.49. The van der Waals surface area contributed by atoms with Gasteiger partial charge in [-0.3, -0.25) is 0 Å². The van der Waals surface area contributed by atoms with Gasteiger partial charge in [0.25, 0.3) is 0 Å². The molecule has 1 aliphatic heterocycles. The zero-order valence-electron chi connectivity index (χ0n) is 12.8. The van der Waals surface area contributed by atoms with Crippen LogP contribution < -0.4 is 5.32 Å². The Morgan fingerprint density at radius 2 is 1.87 bits per heavy atom. The summed E-state index contributed by atoms with van der Waals surface area (Å²) in [5.74, 6) is 1.04. The van der Waals surface area contributed by atoms with Crippen LogP contribution in [-0.4, -0.2) is 16.5 Å². The number of imidazole rings is 1. The Bertz CT molecular complexity index is 865. The fourth-order valence-corrected chi connectivity index (χ4v) is 3.20. The molecule has 2 N–H and O–H groups in total. The summed E-state index contributed by atoms with van der Waals surface area (Å²) in [6, 6.07) is 16.4. The summed E-state index contributed by atoms with van der Waals surface area (Å²) in [6.45, 7) is 1.07. The van der Waals surface area contributed by atoms with E-state index in [-0.39, 0.29) is 0 Å². The Morgan fingerprint density at radius 1 is 1.04 bits per heavy atom. The minimum atomic E-state index is 0.342. The van der Waals surface area contributed by atoms with Gasteiger partial charge in [0, 0.05) is 0 Å². The molecule has 4 heteroatoms. The maximum absolute atomic E-state index is 8.90. The molecule has 1 fully saturated rings. The minimum absolute atomic E-state index is 0.342. The van der Waals surface area contributed by atoms with Crippen molar-refractivity contribution >= 4 is 11.0 Å². The number of piperidine rings is 1. The van der Waals surface area contributed by atoms with Crippen molar-refractivity contribution in [2.75, 3.05) is 6.54 Å². The molecule has 0 aliphatic carbocycles. The number of nitriles is 1. The smallest absolute Gasteiger partial charge is 0.124 e. The average Bonchev–Trinajstić information content (AvgIpc) is 3.06. The molecule has 1 aromatic heterocycles. The van der Waals surface area contributed by atoms with Crippen LogP contribution in [0, 0.1) is 11.3 Å². The van der Waals surface area contributed by atoms with Crippen LogP contribution in [0.15, 0.2) is 42.5 Å². The van der Waals surface area contributed by atoms with E-state index in [1.54, 1.807) is 0 Å². The summed E-state index contributed by atoms with van der Waals surface area (Å²) in [5.41, 5.74) is 4.99. The second-order valence-corrected chi connectivity index (χ2v) is 6.05. The Morgan fingerprint density at radius 3 is 2.61 bits per heavy atom. The molecular weight excluding hydrogens is 284 g/mol. The fraction of sp³-hybridized carbons (Fsp3) is 0.263. The van der Waals surface area contributed by atoms with Crippen LogP contribution >= 0.6 is 0 Å². The topological polar surface area (TPSA) is 64.5 Å². The molecule has 3 aromatic rings. The highest BCUT2D eigenvalue weighted by molar-refractivity contribution is 5.82. The standard InChI is InChI=1S/C19H18N4/c20-12-13-4-6-14(7-5-13)15-8-9-16-18(11-15)23-19(22-16)17-3-1-2-10-21-17/h4-9,11,17,21H,1-3,10H2,(H,22,23)/t17-/m0/s1. The first-order valence-electron chi connectivity index (χ1n) is 8.07. The summed E-state index contributed by atoms with van der Waals surface area (Å²) in [7, 11) is 0. The number of hydrogen-bond acceptors (Lipinski definition) is 3. The molecular formula is C19H18N4. The number of nitrogens with zero attached hydrogens (tertiary/aromatic N) is 2. The van der Waals surface area contributed by atoms with Crippen LogP contribution in [-0.2, 0) is 0 Å². The van der Waals surface area contributed by atoms with Gasteiger partial charge < -0.3 is 10.3 Å². The zero-order valence-corrected chi connectivity index (χ0v) is 12.8. The lowest BCUT2D eigenvalue weighted by Crippen LogP contribution is -2.27. The molecule has 0 saturated carbocycles. The van der Waals surface area contributed by atoms with Gasteiger partial charge in [0.15, 0.2) is 0 Å². The average molecular weight is 302 g/mol. The first-order valence-corrected chi connectivity index (χ1v) is 8.07. The number of aromatic nitrogens is 2. The summed E-state index contributed by atoms with van der Waals surface area (Å²) in [5, 5.41) is 12.4. The molecule has 1 atom stereocenters. The minimum Gasteiger partial charge on any atom is -0.341 e. The van der Waals surface area contributed by atoms with E-state index >= 15 is 0 Å². The second-order valence-electron chi connectivity index (χ2n) is 6.05. The molecule has 4 nitrogen and oxygen atoms in total. The lowest BCUT2D eigenvalue weighted by molar-refractivity contribution is 0.400. The summed E-state index contributed by atoms with van der Waals surface area (Å²) >= 11 is 0. The normalized spacial score (nSPS) is 18.0. The molecule has 0 amide bonds. The molecule has 0 bridgehead atoms. The third kappa shape index (κ3) is 2.71. The van der Waals surface area contributed by atoms with Crippen LogP contribution in [0.4, 0.5) is 0 Å². The summed E-state index contributed by atoms with van der Waals surface area (Å²) < 4.78 is 0. The largest absolute Gasteiger partial charge is 0.341 e. The predicted molar refractivity (Wildman–Crippen MR) is 90.8 cm³/mol. The van der Waals surface area contributed by atoms with Crippen molar-refractivity contribution in [1.82, 2.24) is 15.3 Å². The Kier molecular flexibility index (Phi) is 3.57. The van der Waals surface area contributed by atoms with E-state index in [0.717, 1.165) is 41.0 Å². The number of fused-ring (bicyclic) bond motifs is 1. The van der Waals surface area contributed by atoms with Gasteiger partial charge in [-0.1, -0.05) is 24.6 Å². The lowest BCUT2D eigenvalue weighted by atomic mass is 10.0. The van der Waals surface area contributed by atoms with Gasteiger partial charge in [-0.25, -0.2) is 4.98 Å². The van der Waals surface area contributed by atoms with Crippen LogP contribution in [0.1, 0.15) is 36.7 Å². The number of rotatable bonds is 2. The SMILES string of the molecule is N#Cc1ccc(-c2ccc3nc([C@@H]4CCCCN4)[nH]c3c2)cc1. The van der Waals surface area contributed by atoms with E-state index in [1.165, 1.54) is 12.8 Å². The van der Waals surface area contributed by atoms with Gasteiger partial charge in [-0.15, -0.1) is 0 Å². The molecule has 0 radical (unpaired) electrons. The Hall–Kier alpha value is -2.64. The molecule has 2 aromatic carbocycles. The molecule has 23 heavy (non-hydrogen) atoms. The van der Waals surface area contributed by atoms with Crippen molar-refractivity contribution in [3.05, 3.63) is 53.9 Å². The van der Waals surface area contributed by atoms with Crippen LogP contribution in [0.3, 0.4) is 0 Å². The van der Waals surface area contributed by atoms with Crippen LogP contribution in [0.5, 0.6) is 0 Å². The number of H-pyrrole nitrogens is 1. The number of benzene rings is 2. The Balaban J connectivity index is 1.68. The zero-order chi connectivity index (χ0) is 15.6. The Labute approximate surface area is 135 Å². The van der Waals surface area contributed by atoms with Crippen molar-refractivity contribution < 1.29 is 0 Å². The fourth-order valence-electron chi connectivity index (χ4n) is 3.20. The predicted octanol–water partition coefficient (Wildman–Crippen LogP) is 3.92. The molecule has 1 aliphatic rings. The van der Waals surface area contributed by atoms with Crippen LogP contribution in [0.25, 0.3) is 22.2 Å². The highest BCUT2D eigenvalue weighted by Gasteiger charge is 2.18. The van der Waals surface area contributed by atoms with Gasteiger partial charge in [-0.2, -0.15) is 5.26 Å². The number of aromatic amines is 1. The molecule has 1 saturated heterocycles. The molecule has 0 spiro atoms. The molecule has 0 unspecified atom stereocenters. The maximum atomic E-state index is 8.90. The van der Waals surface area contributed by atoms with Crippen LogP contribution in [0.2, 0.25) is 0 Å². The number of hydrogen-bond donors (Lipinski definition) is 2. The van der Waals surface area contributed by atoms with Gasteiger partial charge in [-0.05, 0) is 54.8 Å². The monoisotopic (exact) mass is 302 g/mol. The van der Waals surface area contributed by atoms with Crippen molar-refractivity contribution in [2.24, 2.45) is 0 Å². The van der Waals surface area contributed by atoms with Gasteiger partial charge in [0.2, 0.25) is 0 Å². The van der Waals surface area contributed by atoms with Crippen molar-refractivity contribution in [3.8, 4) is 17.2 Å². The first kappa shape index (κ1) is 14.0. The van der Waals surface area contributed by atoms with E-state index < -0.39 is 0 Å². The molecule has 114 valence electrons. The van der Waals surface area contributed by atoms with Crippen molar-refractivity contribution in [1.29, 1.82) is 5.26 Å². The van der Waals surface area contributed by atoms with Crippen molar-refractivity contribution in [2.45, 2.75) is 25.3 Å². The van der Waals surface area contributed by atoms with E-state index in [9.17, 15) is 0 Å². The van der Waals surface area contributed by atoms with Crippen molar-refractivity contribution in [3.63, 3.8) is 0 Å². The second kappa shape index (κ2) is 5.86. The first-order chi connectivity index (χ1) is 11.3. The van der Waals surface area contributed by atoms with E-state index in [0.29, 0.717) is 11.6 Å². The third-order valence-electron chi connectivity index (χ3n) is 4.49.